The molecule has 4 rings (SSSR count). The largest absolute Gasteiger partial charge is 0.481 e. The van der Waals surface area contributed by atoms with Crippen LogP contribution in [0, 0.1) is 5.92 Å². The minimum atomic E-state index is -1.25. The first-order valence-corrected chi connectivity index (χ1v) is 12.1. The molecule has 0 radical (unpaired) electrons. The summed E-state index contributed by atoms with van der Waals surface area (Å²) < 4.78 is 11.0. The predicted octanol–water partition coefficient (Wildman–Crippen LogP) is 3.69. The van der Waals surface area contributed by atoms with Crippen LogP contribution in [0.2, 0.25) is 0 Å². The number of nitrogens with one attached hydrogen (secondary N) is 2. The third kappa shape index (κ3) is 5.82. The van der Waals surface area contributed by atoms with Gasteiger partial charge in [0.05, 0.1) is 12.5 Å². The van der Waals surface area contributed by atoms with Crippen molar-refractivity contribution >= 4 is 18.0 Å². The van der Waals surface area contributed by atoms with Crippen LogP contribution in [0.25, 0.3) is 11.1 Å². The van der Waals surface area contributed by atoms with Gasteiger partial charge >= 0.3 is 12.1 Å². The fourth-order valence-electron chi connectivity index (χ4n) is 5.26. The average molecular weight is 481 g/mol. The molecule has 0 aromatic heterocycles. The maximum absolute atomic E-state index is 12.7. The van der Waals surface area contributed by atoms with Crippen LogP contribution in [0.3, 0.4) is 0 Å². The number of carboxylic acids is 1. The lowest BCUT2D eigenvalue weighted by Gasteiger charge is -2.24. The Balaban J connectivity index is 1.35. The van der Waals surface area contributed by atoms with Gasteiger partial charge in [0.1, 0.15) is 12.6 Å². The van der Waals surface area contributed by atoms with Crippen molar-refractivity contribution < 1.29 is 29.0 Å². The van der Waals surface area contributed by atoms with Crippen molar-refractivity contribution in [2.24, 2.45) is 5.92 Å². The molecule has 0 bridgehead atoms. The van der Waals surface area contributed by atoms with E-state index in [9.17, 15) is 19.5 Å². The molecule has 2 aliphatic rings. The lowest BCUT2D eigenvalue weighted by molar-refractivity contribution is -0.140. The standard InChI is InChI=1S/C27H32N2O6/c1-34-24(17-8-2-3-9-17)15-28-26(32)23(14-25(30)31)29-27(33)35-16-22-20-12-6-4-10-18(20)19-11-5-7-13-21(19)22/h4-7,10-13,17,22-24H,2-3,8-9,14-16H2,1H3,(H,28,32)(H,29,33)(H,30,31). The number of hydrogen-bond donors (Lipinski definition) is 3. The van der Waals surface area contributed by atoms with Gasteiger partial charge in [-0.15, -0.1) is 0 Å². The van der Waals surface area contributed by atoms with Gasteiger partial charge in [-0.1, -0.05) is 61.4 Å². The molecule has 0 heterocycles. The molecule has 2 atom stereocenters. The second kappa shape index (κ2) is 11.4. The smallest absolute Gasteiger partial charge is 0.407 e. The van der Waals surface area contributed by atoms with Crippen molar-refractivity contribution in [2.45, 2.75) is 50.2 Å². The summed E-state index contributed by atoms with van der Waals surface area (Å²) >= 11 is 0. The number of carbonyl (C=O) groups excluding carboxylic acids is 2. The minimum Gasteiger partial charge on any atom is -0.481 e. The van der Waals surface area contributed by atoms with E-state index in [4.69, 9.17) is 9.47 Å². The van der Waals surface area contributed by atoms with Crippen molar-refractivity contribution in [1.82, 2.24) is 10.6 Å². The molecule has 186 valence electrons. The highest BCUT2D eigenvalue weighted by molar-refractivity contribution is 5.89. The van der Waals surface area contributed by atoms with Crippen molar-refractivity contribution in [3.63, 3.8) is 0 Å². The molecule has 3 N–H and O–H groups in total. The van der Waals surface area contributed by atoms with E-state index in [1.165, 1.54) is 0 Å². The number of aliphatic carboxylic acids is 1. The fourth-order valence-corrected chi connectivity index (χ4v) is 5.26. The second-order valence-electron chi connectivity index (χ2n) is 9.18. The number of carboxylic acid groups (broad SMARTS) is 1. The molecule has 2 amide bonds. The summed E-state index contributed by atoms with van der Waals surface area (Å²) in [6.45, 7) is 0.344. The van der Waals surface area contributed by atoms with Crippen LogP contribution in [0.15, 0.2) is 48.5 Å². The number of hydrogen-bond acceptors (Lipinski definition) is 5. The van der Waals surface area contributed by atoms with Gasteiger partial charge in [0.25, 0.3) is 0 Å². The number of alkyl carbamates (subject to hydrolysis) is 1. The van der Waals surface area contributed by atoms with E-state index in [2.05, 4.69) is 10.6 Å². The van der Waals surface area contributed by atoms with Crippen molar-refractivity contribution in [2.75, 3.05) is 20.3 Å². The summed E-state index contributed by atoms with van der Waals surface area (Å²) in [5, 5.41) is 14.4. The first kappa shape index (κ1) is 24.7. The minimum absolute atomic E-state index is 0.0781. The molecule has 2 unspecified atom stereocenters. The third-order valence-electron chi connectivity index (χ3n) is 7.04. The first-order valence-electron chi connectivity index (χ1n) is 12.1. The number of rotatable bonds is 10. The van der Waals surface area contributed by atoms with Gasteiger partial charge in [-0.2, -0.15) is 0 Å². The monoisotopic (exact) mass is 480 g/mol. The quantitative estimate of drug-likeness (QED) is 0.478. The van der Waals surface area contributed by atoms with Crippen LogP contribution < -0.4 is 10.6 Å². The van der Waals surface area contributed by atoms with E-state index in [-0.39, 0.29) is 25.2 Å². The third-order valence-corrected chi connectivity index (χ3v) is 7.04. The van der Waals surface area contributed by atoms with E-state index >= 15 is 0 Å². The molecule has 1 saturated carbocycles. The maximum atomic E-state index is 12.7. The Morgan fingerprint density at radius 2 is 1.60 bits per heavy atom. The predicted molar refractivity (Wildman–Crippen MR) is 130 cm³/mol. The molecule has 8 heteroatoms. The van der Waals surface area contributed by atoms with Crippen LogP contribution >= 0.6 is 0 Å². The molecule has 1 fully saturated rings. The Morgan fingerprint density at radius 3 is 2.17 bits per heavy atom. The van der Waals surface area contributed by atoms with E-state index in [1.807, 2.05) is 48.5 Å². The normalized spacial score (nSPS) is 16.7. The van der Waals surface area contributed by atoms with Gasteiger partial charge in [-0.05, 0) is 41.0 Å². The topological polar surface area (TPSA) is 114 Å². The number of amides is 2. The van der Waals surface area contributed by atoms with Gasteiger partial charge < -0.3 is 25.2 Å². The summed E-state index contributed by atoms with van der Waals surface area (Å²) in [6.07, 6.45) is 2.87. The van der Waals surface area contributed by atoms with E-state index in [0.29, 0.717) is 5.92 Å². The highest BCUT2D eigenvalue weighted by Gasteiger charge is 2.31. The molecule has 0 spiro atoms. The SMILES string of the molecule is COC(CNC(=O)C(CC(=O)O)NC(=O)OCC1c2ccccc2-c2ccccc21)C1CCCC1. The molecule has 8 nitrogen and oxygen atoms in total. The van der Waals surface area contributed by atoms with Crippen molar-refractivity contribution in [3.8, 4) is 11.1 Å². The van der Waals surface area contributed by atoms with Crippen LogP contribution in [0.5, 0.6) is 0 Å². The summed E-state index contributed by atoms with van der Waals surface area (Å²) in [5.74, 6) is -1.52. The van der Waals surface area contributed by atoms with Gasteiger partial charge in [0, 0.05) is 19.6 Å². The molecule has 2 aromatic rings. The molecule has 35 heavy (non-hydrogen) atoms. The van der Waals surface area contributed by atoms with Gasteiger partial charge in [0.2, 0.25) is 5.91 Å². The Morgan fingerprint density at radius 1 is 1.00 bits per heavy atom. The Labute approximate surface area is 205 Å². The van der Waals surface area contributed by atoms with Crippen LogP contribution in [-0.4, -0.2) is 55.5 Å². The Bertz CT molecular complexity index is 1020. The zero-order valence-corrected chi connectivity index (χ0v) is 19.9. The highest BCUT2D eigenvalue weighted by Crippen LogP contribution is 2.44. The lowest BCUT2D eigenvalue weighted by atomic mass is 9.98. The molecule has 2 aliphatic carbocycles. The summed E-state index contributed by atoms with van der Waals surface area (Å²) in [6, 6.07) is 14.7. The Hall–Kier alpha value is -3.39. The first-order chi connectivity index (χ1) is 17.0. The summed E-state index contributed by atoms with van der Waals surface area (Å²) in [5.41, 5.74) is 4.35. The van der Waals surface area contributed by atoms with Gasteiger partial charge in [-0.25, -0.2) is 4.79 Å². The van der Waals surface area contributed by atoms with Gasteiger partial charge in [-0.3, -0.25) is 9.59 Å². The number of benzene rings is 2. The maximum Gasteiger partial charge on any atom is 0.407 e. The number of ether oxygens (including phenoxy) is 2. The number of fused-ring (bicyclic) bond motifs is 3. The number of methoxy groups -OCH3 is 1. The van der Waals surface area contributed by atoms with Crippen molar-refractivity contribution in [1.29, 1.82) is 0 Å². The molecular weight excluding hydrogens is 448 g/mol. The van der Waals surface area contributed by atoms with E-state index < -0.39 is 30.4 Å². The number of carbonyl (C=O) groups is 3. The highest BCUT2D eigenvalue weighted by atomic mass is 16.5. The zero-order chi connectivity index (χ0) is 24.8. The Kier molecular flexibility index (Phi) is 8.02. The summed E-state index contributed by atoms with van der Waals surface area (Å²) in [4.78, 5) is 36.7. The molecule has 0 saturated heterocycles. The summed E-state index contributed by atoms with van der Waals surface area (Å²) in [7, 11) is 1.61. The molecular formula is C27H32N2O6. The lowest BCUT2D eigenvalue weighted by Crippen LogP contribution is -2.50. The van der Waals surface area contributed by atoms with E-state index in [1.54, 1.807) is 7.11 Å². The van der Waals surface area contributed by atoms with Crippen LogP contribution in [0.4, 0.5) is 4.79 Å². The average Bonchev–Trinajstić information content (AvgIpc) is 3.49. The van der Waals surface area contributed by atoms with Gasteiger partial charge in [0.15, 0.2) is 0 Å². The zero-order valence-electron chi connectivity index (χ0n) is 19.9. The molecule has 0 aliphatic heterocycles. The van der Waals surface area contributed by atoms with Crippen LogP contribution in [0.1, 0.15) is 49.1 Å². The van der Waals surface area contributed by atoms with E-state index in [0.717, 1.165) is 47.9 Å². The fraction of sp³-hybridized carbons (Fsp3) is 0.444. The molecule has 2 aromatic carbocycles. The van der Waals surface area contributed by atoms with Crippen molar-refractivity contribution in [3.05, 3.63) is 59.7 Å². The second-order valence-corrected chi connectivity index (χ2v) is 9.18. The van der Waals surface area contributed by atoms with Crippen LogP contribution in [-0.2, 0) is 19.1 Å².